The van der Waals surface area contributed by atoms with E-state index >= 15 is 0 Å². The zero-order valence-corrected chi connectivity index (χ0v) is 5.95. The minimum Gasteiger partial charge on any atom is -0.375 e. The number of ether oxygens (including phenoxy) is 1. The zero-order valence-electron chi connectivity index (χ0n) is 5.95. The molecule has 0 aliphatic carbocycles. The van der Waals surface area contributed by atoms with E-state index in [1.165, 1.54) is 0 Å². The molecule has 11 heavy (non-hydrogen) atoms. The second-order valence-corrected chi connectivity index (χ2v) is 2.52. The van der Waals surface area contributed by atoms with Gasteiger partial charge >= 0.3 is 6.18 Å². The number of hydrogen-bond acceptors (Lipinski definition) is 2. The summed E-state index contributed by atoms with van der Waals surface area (Å²) in [5.74, 6) is 0. The standard InChI is InChI=1S/C6H10F3NO/c7-6(8,9)3-5-4-10-1-2-11-5/h5,10H,1-4H2. The molecule has 0 spiro atoms. The lowest BCUT2D eigenvalue weighted by Crippen LogP contribution is -2.40. The van der Waals surface area contributed by atoms with Crippen LogP contribution < -0.4 is 5.32 Å². The van der Waals surface area contributed by atoms with E-state index in [1.807, 2.05) is 0 Å². The van der Waals surface area contributed by atoms with Gasteiger partial charge in [-0.1, -0.05) is 0 Å². The van der Waals surface area contributed by atoms with Crippen molar-refractivity contribution in [2.45, 2.75) is 18.7 Å². The second-order valence-electron chi connectivity index (χ2n) is 2.52. The number of rotatable bonds is 1. The molecule has 2 nitrogen and oxygen atoms in total. The highest BCUT2D eigenvalue weighted by Crippen LogP contribution is 2.23. The Labute approximate surface area is 62.7 Å². The van der Waals surface area contributed by atoms with Gasteiger partial charge in [0.25, 0.3) is 0 Å². The monoisotopic (exact) mass is 169 g/mol. The van der Waals surface area contributed by atoms with Crippen molar-refractivity contribution in [1.29, 1.82) is 0 Å². The van der Waals surface area contributed by atoms with Gasteiger partial charge in [-0.3, -0.25) is 0 Å². The van der Waals surface area contributed by atoms with Gasteiger partial charge < -0.3 is 10.1 Å². The van der Waals surface area contributed by atoms with Crippen LogP contribution in [0.4, 0.5) is 13.2 Å². The molecule has 0 saturated carbocycles. The van der Waals surface area contributed by atoms with Crippen LogP contribution in [-0.2, 0) is 4.74 Å². The van der Waals surface area contributed by atoms with Crippen LogP contribution in [0.15, 0.2) is 0 Å². The summed E-state index contributed by atoms with van der Waals surface area (Å²) in [7, 11) is 0. The molecular weight excluding hydrogens is 159 g/mol. The lowest BCUT2D eigenvalue weighted by molar-refractivity contribution is -0.163. The lowest BCUT2D eigenvalue weighted by atomic mass is 10.2. The Balaban J connectivity index is 2.24. The zero-order chi connectivity index (χ0) is 8.32. The molecule has 1 N–H and O–H groups in total. The molecule has 1 saturated heterocycles. The summed E-state index contributed by atoms with van der Waals surface area (Å²) in [4.78, 5) is 0. The van der Waals surface area contributed by atoms with Gasteiger partial charge in [0.05, 0.1) is 19.1 Å². The molecule has 0 radical (unpaired) electrons. The van der Waals surface area contributed by atoms with E-state index in [4.69, 9.17) is 4.74 Å². The van der Waals surface area contributed by atoms with Gasteiger partial charge in [-0.15, -0.1) is 0 Å². The topological polar surface area (TPSA) is 21.3 Å². The smallest absolute Gasteiger partial charge is 0.375 e. The van der Waals surface area contributed by atoms with E-state index in [0.29, 0.717) is 19.7 Å². The molecule has 0 aromatic heterocycles. The highest BCUT2D eigenvalue weighted by molar-refractivity contribution is 4.70. The van der Waals surface area contributed by atoms with Gasteiger partial charge in [-0.05, 0) is 0 Å². The molecule has 1 unspecified atom stereocenters. The molecule has 0 amide bonds. The maximum Gasteiger partial charge on any atom is 0.391 e. The van der Waals surface area contributed by atoms with Crippen molar-refractivity contribution in [3.8, 4) is 0 Å². The summed E-state index contributed by atoms with van der Waals surface area (Å²) >= 11 is 0. The maximum absolute atomic E-state index is 11.7. The van der Waals surface area contributed by atoms with Crippen LogP contribution in [0.2, 0.25) is 0 Å². The first kappa shape index (κ1) is 8.80. The van der Waals surface area contributed by atoms with Gasteiger partial charge in [-0.25, -0.2) is 0 Å². The van der Waals surface area contributed by atoms with E-state index in [-0.39, 0.29) is 0 Å². The van der Waals surface area contributed by atoms with E-state index in [2.05, 4.69) is 5.32 Å². The van der Waals surface area contributed by atoms with Crippen molar-refractivity contribution in [1.82, 2.24) is 5.32 Å². The Bertz CT molecular complexity index is 119. The second kappa shape index (κ2) is 3.40. The van der Waals surface area contributed by atoms with Crippen LogP contribution in [0.3, 0.4) is 0 Å². The van der Waals surface area contributed by atoms with Crippen LogP contribution in [0.25, 0.3) is 0 Å². The summed E-state index contributed by atoms with van der Waals surface area (Å²) in [6, 6.07) is 0. The summed E-state index contributed by atoms with van der Waals surface area (Å²) in [6.45, 7) is 1.33. The van der Waals surface area contributed by atoms with Crippen LogP contribution in [0, 0.1) is 0 Å². The van der Waals surface area contributed by atoms with E-state index in [9.17, 15) is 13.2 Å². The summed E-state index contributed by atoms with van der Waals surface area (Å²) in [5, 5.41) is 2.83. The average molecular weight is 169 g/mol. The lowest BCUT2D eigenvalue weighted by Gasteiger charge is -2.24. The van der Waals surface area contributed by atoms with E-state index < -0.39 is 18.7 Å². The average Bonchev–Trinajstić information content (AvgIpc) is 1.85. The number of morpholine rings is 1. The third kappa shape index (κ3) is 3.57. The summed E-state index contributed by atoms with van der Waals surface area (Å²) < 4.78 is 40.1. The first-order valence-corrected chi connectivity index (χ1v) is 3.47. The molecule has 1 rings (SSSR count). The number of hydrogen-bond donors (Lipinski definition) is 1. The first-order valence-electron chi connectivity index (χ1n) is 3.47. The molecule has 1 aliphatic rings. The highest BCUT2D eigenvalue weighted by Gasteiger charge is 2.32. The molecule has 1 aliphatic heterocycles. The van der Waals surface area contributed by atoms with Gasteiger partial charge in [0.15, 0.2) is 0 Å². The SMILES string of the molecule is FC(F)(F)CC1CNCCO1. The fourth-order valence-corrected chi connectivity index (χ4v) is 1.01. The molecule has 0 bridgehead atoms. The Hall–Kier alpha value is -0.290. The quantitative estimate of drug-likeness (QED) is 0.630. The van der Waals surface area contributed by atoms with Crippen molar-refractivity contribution in [2.75, 3.05) is 19.7 Å². The number of halogens is 3. The molecule has 1 heterocycles. The normalized spacial score (nSPS) is 27.0. The summed E-state index contributed by atoms with van der Waals surface area (Å²) in [6.07, 6.45) is -5.65. The third-order valence-electron chi connectivity index (χ3n) is 1.46. The minimum atomic E-state index is -4.11. The Morgan fingerprint density at radius 1 is 1.45 bits per heavy atom. The van der Waals surface area contributed by atoms with Crippen molar-refractivity contribution >= 4 is 0 Å². The first-order chi connectivity index (χ1) is 5.08. The molecule has 1 fully saturated rings. The summed E-state index contributed by atoms with van der Waals surface area (Å²) in [5.41, 5.74) is 0. The van der Waals surface area contributed by atoms with Crippen molar-refractivity contribution in [3.05, 3.63) is 0 Å². The van der Waals surface area contributed by atoms with Crippen molar-refractivity contribution < 1.29 is 17.9 Å². The maximum atomic E-state index is 11.7. The Morgan fingerprint density at radius 3 is 2.64 bits per heavy atom. The van der Waals surface area contributed by atoms with Gasteiger partial charge in [0.2, 0.25) is 0 Å². The number of alkyl halides is 3. The van der Waals surface area contributed by atoms with Crippen molar-refractivity contribution in [3.63, 3.8) is 0 Å². The van der Waals surface area contributed by atoms with Crippen LogP contribution in [0.1, 0.15) is 6.42 Å². The molecule has 5 heteroatoms. The predicted octanol–water partition coefficient (Wildman–Crippen LogP) is 0.927. The molecule has 0 aromatic carbocycles. The van der Waals surface area contributed by atoms with Crippen molar-refractivity contribution in [2.24, 2.45) is 0 Å². The van der Waals surface area contributed by atoms with Crippen LogP contribution >= 0.6 is 0 Å². The fraction of sp³-hybridized carbons (Fsp3) is 1.00. The third-order valence-corrected chi connectivity index (χ3v) is 1.46. The molecule has 66 valence electrons. The predicted molar refractivity (Wildman–Crippen MR) is 33.3 cm³/mol. The van der Waals surface area contributed by atoms with Crippen LogP contribution in [0.5, 0.6) is 0 Å². The Morgan fingerprint density at radius 2 is 2.18 bits per heavy atom. The van der Waals surface area contributed by atoms with E-state index in [1.54, 1.807) is 0 Å². The fourth-order valence-electron chi connectivity index (χ4n) is 1.01. The largest absolute Gasteiger partial charge is 0.391 e. The van der Waals surface area contributed by atoms with Gasteiger partial charge in [0, 0.05) is 13.1 Å². The van der Waals surface area contributed by atoms with Crippen LogP contribution in [-0.4, -0.2) is 32.0 Å². The Kier molecular flexibility index (Phi) is 2.72. The minimum absolute atomic E-state index is 0.305. The molecular formula is C6H10F3NO. The van der Waals surface area contributed by atoms with Gasteiger partial charge in [-0.2, -0.15) is 13.2 Å². The van der Waals surface area contributed by atoms with Gasteiger partial charge in [0.1, 0.15) is 0 Å². The molecule has 1 atom stereocenters. The number of nitrogens with one attached hydrogen (secondary N) is 1. The molecule has 0 aromatic rings. The van der Waals surface area contributed by atoms with E-state index in [0.717, 1.165) is 0 Å². The highest BCUT2D eigenvalue weighted by atomic mass is 19.4.